The second-order valence-electron chi connectivity index (χ2n) is 9.25. The zero-order chi connectivity index (χ0) is 22.6. The topological polar surface area (TPSA) is 84.3 Å². The van der Waals surface area contributed by atoms with Crippen molar-refractivity contribution in [2.24, 2.45) is 11.8 Å². The van der Waals surface area contributed by atoms with Crippen LogP contribution in [0.4, 0.5) is 4.79 Å². The van der Waals surface area contributed by atoms with E-state index in [-0.39, 0.29) is 24.1 Å². The maximum absolute atomic E-state index is 12.6. The third-order valence-electron chi connectivity index (χ3n) is 6.97. The average Bonchev–Trinajstić information content (AvgIpc) is 3.62. The summed E-state index contributed by atoms with van der Waals surface area (Å²) >= 11 is 0. The van der Waals surface area contributed by atoms with E-state index in [9.17, 15) is 9.59 Å². The highest BCUT2D eigenvalue weighted by Gasteiger charge is 2.42. The number of rotatable bonds is 7. The number of furan rings is 1. The molecule has 33 heavy (non-hydrogen) atoms. The Bertz CT molecular complexity index is 915. The molecular formula is C25H31N3O5. The van der Waals surface area contributed by atoms with Gasteiger partial charge in [-0.1, -0.05) is 30.3 Å². The van der Waals surface area contributed by atoms with Gasteiger partial charge in [-0.2, -0.15) is 0 Å². The van der Waals surface area contributed by atoms with E-state index in [2.05, 4.69) is 10.2 Å². The van der Waals surface area contributed by atoms with E-state index in [4.69, 9.17) is 13.9 Å². The van der Waals surface area contributed by atoms with Crippen LogP contribution >= 0.6 is 0 Å². The Hall–Kier alpha value is -2.84. The number of benzene rings is 1. The third-order valence-corrected chi connectivity index (χ3v) is 6.97. The number of hydrogen-bond acceptors (Lipinski definition) is 6. The summed E-state index contributed by atoms with van der Waals surface area (Å²) in [7, 11) is 0. The number of hydrogen-bond donors (Lipinski definition) is 1. The molecule has 1 N–H and O–H groups in total. The van der Waals surface area contributed by atoms with E-state index in [0.717, 1.165) is 51.1 Å². The van der Waals surface area contributed by atoms with E-state index in [1.165, 1.54) is 0 Å². The first-order valence-electron chi connectivity index (χ1n) is 11.8. The van der Waals surface area contributed by atoms with Crippen LogP contribution < -0.4 is 5.32 Å². The molecule has 3 unspecified atom stereocenters. The molecule has 0 bridgehead atoms. The molecule has 8 nitrogen and oxygen atoms in total. The Morgan fingerprint density at radius 1 is 1.06 bits per heavy atom. The predicted octanol–water partition coefficient (Wildman–Crippen LogP) is 2.93. The zero-order valence-corrected chi connectivity index (χ0v) is 18.7. The summed E-state index contributed by atoms with van der Waals surface area (Å²) in [6.07, 6.45) is 2.55. The lowest BCUT2D eigenvalue weighted by Crippen LogP contribution is -2.36. The molecule has 8 heteroatoms. The Labute approximate surface area is 193 Å². The van der Waals surface area contributed by atoms with Crippen molar-refractivity contribution >= 4 is 12.0 Å². The fourth-order valence-corrected chi connectivity index (χ4v) is 5.25. The molecule has 4 atom stereocenters. The Morgan fingerprint density at radius 2 is 1.85 bits per heavy atom. The zero-order valence-electron chi connectivity index (χ0n) is 18.7. The van der Waals surface area contributed by atoms with E-state index < -0.39 is 0 Å². The molecule has 2 amide bonds. The standard InChI is InChI=1S/C25H31N3O5/c29-24(23-7-4-11-32-23)28-15-19-13-27(14-20(19)16-28)10-8-22(18-5-2-1-3-6-18)26-25(30)33-21-9-12-31-17-21/h1-7,11,19-22H,8-10,12-17H2,(H,26,30)/t19-,20?,21?,22?/m0/s1. The summed E-state index contributed by atoms with van der Waals surface area (Å²) in [6, 6.07) is 13.4. The van der Waals surface area contributed by atoms with Crippen molar-refractivity contribution in [1.29, 1.82) is 0 Å². The highest BCUT2D eigenvalue weighted by molar-refractivity contribution is 5.91. The molecule has 4 heterocycles. The van der Waals surface area contributed by atoms with Crippen molar-refractivity contribution in [2.45, 2.75) is 25.0 Å². The summed E-state index contributed by atoms with van der Waals surface area (Å²) in [5.74, 6) is 1.37. The fourth-order valence-electron chi connectivity index (χ4n) is 5.25. The lowest BCUT2D eigenvalue weighted by Gasteiger charge is -2.25. The van der Waals surface area contributed by atoms with Crippen molar-refractivity contribution in [3.63, 3.8) is 0 Å². The van der Waals surface area contributed by atoms with Gasteiger partial charge in [0.15, 0.2) is 5.76 Å². The molecule has 0 saturated carbocycles. The van der Waals surface area contributed by atoms with Crippen LogP contribution in [0.2, 0.25) is 0 Å². The van der Waals surface area contributed by atoms with Crippen LogP contribution in [-0.2, 0) is 9.47 Å². The van der Waals surface area contributed by atoms with Crippen molar-refractivity contribution in [3.8, 4) is 0 Å². The maximum Gasteiger partial charge on any atom is 0.407 e. The largest absolute Gasteiger partial charge is 0.459 e. The van der Waals surface area contributed by atoms with Crippen molar-refractivity contribution < 1.29 is 23.5 Å². The monoisotopic (exact) mass is 453 g/mol. The normalized spacial score (nSPS) is 25.7. The number of amides is 2. The summed E-state index contributed by atoms with van der Waals surface area (Å²) in [4.78, 5) is 29.4. The predicted molar refractivity (Wildman–Crippen MR) is 121 cm³/mol. The fraction of sp³-hybridized carbons (Fsp3) is 0.520. The number of fused-ring (bicyclic) bond motifs is 1. The number of alkyl carbamates (subject to hydrolysis) is 1. The molecule has 1 aromatic heterocycles. The molecule has 2 aromatic rings. The Balaban J connectivity index is 1.13. The highest BCUT2D eigenvalue weighted by atomic mass is 16.6. The minimum absolute atomic E-state index is 0.0135. The Morgan fingerprint density at radius 3 is 2.52 bits per heavy atom. The average molecular weight is 454 g/mol. The number of nitrogens with zero attached hydrogens (tertiary/aromatic N) is 2. The van der Waals surface area contributed by atoms with E-state index in [0.29, 0.717) is 30.8 Å². The molecule has 3 aliphatic rings. The van der Waals surface area contributed by atoms with Crippen LogP contribution in [0, 0.1) is 11.8 Å². The minimum atomic E-state index is -0.385. The van der Waals surface area contributed by atoms with Gasteiger partial charge in [-0.3, -0.25) is 4.79 Å². The first kappa shape index (κ1) is 22.0. The molecule has 3 fully saturated rings. The maximum atomic E-state index is 12.6. The van der Waals surface area contributed by atoms with Gasteiger partial charge in [-0.25, -0.2) is 4.79 Å². The lowest BCUT2D eigenvalue weighted by molar-refractivity contribution is 0.0742. The molecule has 1 aromatic carbocycles. The Kier molecular flexibility index (Phi) is 6.64. The first-order chi connectivity index (χ1) is 16.2. The van der Waals surface area contributed by atoms with Crippen LogP contribution in [0.25, 0.3) is 0 Å². The summed E-state index contributed by atoms with van der Waals surface area (Å²) in [5.41, 5.74) is 1.08. The van der Waals surface area contributed by atoms with Gasteiger partial charge in [0, 0.05) is 39.1 Å². The van der Waals surface area contributed by atoms with Crippen molar-refractivity contribution in [2.75, 3.05) is 45.9 Å². The SMILES string of the molecule is O=C(NC(CCN1CC2CN(C(=O)c3ccco3)C[C@@H]2C1)c1ccccc1)OC1CCOC1. The second-order valence-corrected chi connectivity index (χ2v) is 9.25. The van der Waals surface area contributed by atoms with E-state index in [1.54, 1.807) is 18.4 Å². The van der Waals surface area contributed by atoms with E-state index >= 15 is 0 Å². The smallest absolute Gasteiger partial charge is 0.407 e. The molecule has 0 radical (unpaired) electrons. The van der Waals surface area contributed by atoms with Gasteiger partial charge in [-0.15, -0.1) is 0 Å². The van der Waals surface area contributed by atoms with Gasteiger partial charge in [0.25, 0.3) is 5.91 Å². The summed E-state index contributed by atoms with van der Waals surface area (Å²) in [6.45, 7) is 5.48. The summed E-state index contributed by atoms with van der Waals surface area (Å²) < 4.78 is 16.1. The molecule has 3 saturated heterocycles. The van der Waals surface area contributed by atoms with Gasteiger partial charge in [0.1, 0.15) is 6.10 Å². The van der Waals surface area contributed by atoms with Gasteiger partial charge >= 0.3 is 6.09 Å². The number of carbonyl (C=O) groups is 2. The molecule has 0 spiro atoms. The molecule has 176 valence electrons. The van der Waals surface area contributed by atoms with Crippen molar-refractivity contribution in [3.05, 3.63) is 60.1 Å². The van der Waals surface area contributed by atoms with Gasteiger partial charge in [0.2, 0.25) is 0 Å². The number of carbonyl (C=O) groups excluding carboxylic acids is 2. The molecular weight excluding hydrogens is 422 g/mol. The second kappa shape index (κ2) is 9.97. The number of nitrogens with one attached hydrogen (secondary N) is 1. The van der Waals surface area contributed by atoms with Gasteiger partial charge in [0.05, 0.1) is 25.5 Å². The lowest BCUT2D eigenvalue weighted by atomic mass is 10.0. The van der Waals surface area contributed by atoms with Crippen LogP contribution in [0.15, 0.2) is 53.1 Å². The minimum Gasteiger partial charge on any atom is -0.459 e. The molecule has 5 rings (SSSR count). The van der Waals surface area contributed by atoms with Gasteiger partial charge < -0.3 is 29.0 Å². The van der Waals surface area contributed by atoms with E-state index in [1.807, 2.05) is 35.2 Å². The quantitative estimate of drug-likeness (QED) is 0.694. The third kappa shape index (κ3) is 5.23. The highest BCUT2D eigenvalue weighted by Crippen LogP contribution is 2.32. The van der Waals surface area contributed by atoms with Crippen LogP contribution in [-0.4, -0.2) is 73.8 Å². The van der Waals surface area contributed by atoms with Gasteiger partial charge in [-0.05, 0) is 36.0 Å². The first-order valence-corrected chi connectivity index (χ1v) is 11.8. The van der Waals surface area contributed by atoms with Crippen LogP contribution in [0.1, 0.15) is 35.0 Å². The van der Waals surface area contributed by atoms with Crippen LogP contribution in [0.5, 0.6) is 0 Å². The number of ether oxygens (including phenoxy) is 2. The molecule has 3 aliphatic heterocycles. The summed E-state index contributed by atoms with van der Waals surface area (Å²) in [5, 5.41) is 3.07. The molecule has 0 aliphatic carbocycles. The van der Waals surface area contributed by atoms with Crippen molar-refractivity contribution in [1.82, 2.24) is 15.1 Å². The van der Waals surface area contributed by atoms with Crippen LogP contribution in [0.3, 0.4) is 0 Å². The number of likely N-dealkylation sites (tertiary alicyclic amines) is 2.